The summed E-state index contributed by atoms with van der Waals surface area (Å²) in [6.07, 6.45) is 3.46. The van der Waals surface area contributed by atoms with Gasteiger partial charge in [0.15, 0.2) is 0 Å². The van der Waals surface area contributed by atoms with Gasteiger partial charge < -0.3 is 10.8 Å². The molecule has 0 spiro atoms. The number of hydrogen-bond donors (Lipinski definition) is 2. The second-order valence-corrected chi connectivity index (χ2v) is 4.11. The lowest BCUT2D eigenvalue weighted by Crippen LogP contribution is -2.28. The summed E-state index contributed by atoms with van der Waals surface area (Å²) in [7, 11) is 0. The Bertz CT molecular complexity index is 372. The number of carboxylic acids is 1. The van der Waals surface area contributed by atoms with Crippen molar-refractivity contribution >= 4 is 5.97 Å². The first-order valence-corrected chi connectivity index (χ1v) is 5.28. The molecule has 1 aliphatic carbocycles. The van der Waals surface area contributed by atoms with Crippen LogP contribution in [0.2, 0.25) is 0 Å². The van der Waals surface area contributed by atoms with Gasteiger partial charge in [-0.05, 0) is 30.4 Å². The molecule has 0 heterocycles. The second-order valence-electron chi connectivity index (χ2n) is 4.11. The van der Waals surface area contributed by atoms with Crippen molar-refractivity contribution in [2.24, 2.45) is 11.7 Å². The first-order valence-electron chi connectivity index (χ1n) is 5.28. The third-order valence-electron chi connectivity index (χ3n) is 3.21. The van der Waals surface area contributed by atoms with Crippen molar-refractivity contribution < 1.29 is 9.90 Å². The maximum absolute atomic E-state index is 11.0. The first kappa shape index (κ1) is 10.2. The summed E-state index contributed by atoms with van der Waals surface area (Å²) in [6, 6.07) is 6.91. The molecule has 1 aromatic rings. The van der Waals surface area contributed by atoms with Crippen LogP contribution in [0.4, 0.5) is 0 Å². The van der Waals surface area contributed by atoms with Gasteiger partial charge >= 0.3 is 5.97 Å². The topological polar surface area (TPSA) is 63.3 Å². The molecule has 3 N–H and O–H groups in total. The van der Waals surface area contributed by atoms with Crippen LogP contribution < -0.4 is 5.73 Å². The third-order valence-corrected chi connectivity index (χ3v) is 3.21. The molecule has 0 aliphatic heterocycles. The Kier molecular flexibility index (Phi) is 2.73. The fourth-order valence-electron chi connectivity index (χ4n) is 2.04. The number of benzene rings is 1. The summed E-state index contributed by atoms with van der Waals surface area (Å²) in [6.45, 7) is 0. The number of rotatable bonds is 3. The lowest BCUT2D eigenvalue weighted by Gasteiger charge is -2.32. The van der Waals surface area contributed by atoms with Gasteiger partial charge in [-0.25, -0.2) is 4.79 Å². The summed E-state index contributed by atoms with van der Waals surface area (Å²) >= 11 is 0. The van der Waals surface area contributed by atoms with Gasteiger partial charge in [-0.3, -0.25) is 0 Å². The molecule has 1 fully saturated rings. The van der Waals surface area contributed by atoms with Crippen molar-refractivity contribution in [3.05, 3.63) is 35.4 Å². The zero-order chi connectivity index (χ0) is 10.8. The van der Waals surface area contributed by atoms with Crippen molar-refractivity contribution in [1.82, 2.24) is 0 Å². The van der Waals surface area contributed by atoms with E-state index in [0.29, 0.717) is 11.5 Å². The van der Waals surface area contributed by atoms with Gasteiger partial charge in [0.2, 0.25) is 0 Å². The zero-order valence-electron chi connectivity index (χ0n) is 8.52. The van der Waals surface area contributed by atoms with E-state index >= 15 is 0 Å². The molecule has 0 saturated heterocycles. The van der Waals surface area contributed by atoms with Crippen LogP contribution in [0.1, 0.15) is 41.2 Å². The van der Waals surface area contributed by atoms with Gasteiger partial charge in [0, 0.05) is 6.04 Å². The van der Waals surface area contributed by atoms with E-state index in [1.54, 1.807) is 12.1 Å². The van der Waals surface area contributed by atoms with Crippen LogP contribution in [0.5, 0.6) is 0 Å². The molecule has 1 saturated carbocycles. The summed E-state index contributed by atoms with van der Waals surface area (Å²) in [5.41, 5.74) is 7.19. The van der Waals surface area contributed by atoms with E-state index in [0.717, 1.165) is 18.4 Å². The Balaban J connectivity index is 2.29. The summed E-state index contributed by atoms with van der Waals surface area (Å²) < 4.78 is 0. The Morgan fingerprint density at radius 3 is 2.60 bits per heavy atom. The molecule has 3 heteroatoms. The average Bonchev–Trinajstić information content (AvgIpc) is 2.15. The van der Waals surface area contributed by atoms with Gasteiger partial charge in [-0.2, -0.15) is 0 Å². The molecule has 0 aromatic heterocycles. The lowest BCUT2D eigenvalue weighted by atomic mass is 9.77. The standard InChI is InChI=1S/C12H15NO2/c13-11(8-4-3-5-8)9-6-1-2-7-10(9)12(14)15/h1-2,6-8,11H,3-5,13H2,(H,14,15)/t11-/m1/s1. The van der Waals surface area contributed by atoms with Crippen LogP contribution in [0.25, 0.3) is 0 Å². The highest BCUT2D eigenvalue weighted by molar-refractivity contribution is 5.89. The quantitative estimate of drug-likeness (QED) is 0.795. The van der Waals surface area contributed by atoms with Crippen molar-refractivity contribution in [2.75, 3.05) is 0 Å². The fraction of sp³-hybridized carbons (Fsp3) is 0.417. The van der Waals surface area contributed by atoms with Crippen molar-refractivity contribution in [2.45, 2.75) is 25.3 Å². The third kappa shape index (κ3) is 1.88. The predicted octanol–water partition coefficient (Wildman–Crippen LogP) is 2.18. The summed E-state index contributed by atoms with van der Waals surface area (Å²) in [5, 5.41) is 9.03. The van der Waals surface area contributed by atoms with E-state index in [-0.39, 0.29) is 6.04 Å². The Morgan fingerprint density at radius 1 is 1.40 bits per heavy atom. The highest BCUT2D eigenvalue weighted by Crippen LogP contribution is 2.37. The smallest absolute Gasteiger partial charge is 0.336 e. The normalized spacial score (nSPS) is 18.2. The molecule has 0 amide bonds. The largest absolute Gasteiger partial charge is 0.478 e. The molecule has 15 heavy (non-hydrogen) atoms. The van der Waals surface area contributed by atoms with E-state index in [9.17, 15) is 4.79 Å². The first-order chi connectivity index (χ1) is 7.20. The highest BCUT2D eigenvalue weighted by Gasteiger charge is 2.27. The predicted molar refractivity (Wildman–Crippen MR) is 57.7 cm³/mol. The number of aromatic carboxylic acids is 1. The Hall–Kier alpha value is -1.35. The SMILES string of the molecule is N[C@@H](c1ccccc1C(=O)O)C1CCC1. The molecular weight excluding hydrogens is 190 g/mol. The minimum atomic E-state index is -0.889. The molecule has 0 unspecified atom stereocenters. The van der Waals surface area contributed by atoms with Gasteiger partial charge in [0.05, 0.1) is 5.56 Å². The van der Waals surface area contributed by atoms with Crippen LogP contribution >= 0.6 is 0 Å². The van der Waals surface area contributed by atoms with Crippen LogP contribution in [0.15, 0.2) is 24.3 Å². The minimum absolute atomic E-state index is 0.119. The highest BCUT2D eigenvalue weighted by atomic mass is 16.4. The van der Waals surface area contributed by atoms with Crippen molar-refractivity contribution in [1.29, 1.82) is 0 Å². The van der Waals surface area contributed by atoms with Crippen LogP contribution in [-0.2, 0) is 0 Å². The lowest BCUT2D eigenvalue weighted by molar-refractivity contribution is 0.0694. The maximum Gasteiger partial charge on any atom is 0.336 e. The van der Waals surface area contributed by atoms with Crippen molar-refractivity contribution in [3.63, 3.8) is 0 Å². The van der Waals surface area contributed by atoms with Gasteiger partial charge in [0.1, 0.15) is 0 Å². The Labute approximate surface area is 88.9 Å². The molecule has 3 nitrogen and oxygen atoms in total. The van der Waals surface area contributed by atoms with Crippen molar-refractivity contribution in [3.8, 4) is 0 Å². The number of nitrogens with two attached hydrogens (primary N) is 1. The number of carboxylic acid groups (broad SMARTS) is 1. The monoisotopic (exact) mass is 205 g/mol. The van der Waals surface area contributed by atoms with E-state index < -0.39 is 5.97 Å². The maximum atomic E-state index is 11.0. The summed E-state index contributed by atoms with van der Waals surface area (Å²) in [4.78, 5) is 11.0. The van der Waals surface area contributed by atoms with Gasteiger partial charge in [-0.1, -0.05) is 24.6 Å². The average molecular weight is 205 g/mol. The van der Waals surface area contributed by atoms with E-state index in [1.807, 2.05) is 12.1 Å². The zero-order valence-corrected chi connectivity index (χ0v) is 8.52. The molecule has 1 aromatic carbocycles. The van der Waals surface area contributed by atoms with E-state index in [4.69, 9.17) is 10.8 Å². The molecular formula is C12H15NO2. The van der Waals surface area contributed by atoms with E-state index in [2.05, 4.69) is 0 Å². The Morgan fingerprint density at radius 2 is 2.07 bits per heavy atom. The fourth-order valence-corrected chi connectivity index (χ4v) is 2.04. The summed E-state index contributed by atoms with van der Waals surface area (Å²) in [5.74, 6) is -0.425. The molecule has 2 rings (SSSR count). The van der Waals surface area contributed by atoms with E-state index in [1.165, 1.54) is 6.42 Å². The van der Waals surface area contributed by atoms with Gasteiger partial charge in [0.25, 0.3) is 0 Å². The van der Waals surface area contributed by atoms with Crippen LogP contribution in [-0.4, -0.2) is 11.1 Å². The molecule has 0 radical (unpaired) electrons. The second kappa shape index (κ2) is 4.03. The molecule has 1 atom stereocenters. The molecule has 1 aliphatic rings. The van der Waals surface area contributed by atoms with Gasteiger partial charge in [-0.15, -0.1) is 0 Å². The molecule has 80 valence electrons. The van der Waals surface area contributed by atoms with Crippen LogP contribution in [0.3, 0.4) is 0 Å². The molecule has 0 bridgehead atoms. The van der Waals surface area contributed by atoms with Crippen LogP contribution in [0, 0.1) is 5.92 Å². The number of hydrogen-bond acceptors (Lipinski definition) is 2. The number of carbonyl (C=O) groups is 1. The minimum Gasteiger partial charge on any atom is -0.478 e.